The molecule has 4 rings (SSSR count). The molecule has 1 aromatic heterocycles. The zero-order valence-electron chi connectivity index (χ0n) is 13.4. The van der Waals surface area contributed by atoms with Crippen molar-refractivity contribution in [1.82, 2.24) is 19.9 Å². The van der Waals surface area contributed by atoms with Gasteiger partial charge in [0.05, 0.1) is 23.6 Å². The van der Waals surface area contributed by atoms with Crippen LogP contribution in [-0.2, 0) is 11.3 Å². The third kappa shape index (κ3) is 3.24. The van der Waals surface area contributed by atoms with Crippen molar-refractivity contribution >= 4 is 5.91 Å². The van der Waals surface area contributed by atoms with Crippen molar-refractivity contribution in [3.05, 3.63) is 11.9 Å². The summed E-state index contributed by atoms with van der Waals surface area (Å²) in [5, 5.41) is 17.5. The lowest BCUT2D eigenvalue weighted by molar-refractivity contribution is -0.133. The van der Waals surface area contributed by atoms with Crippen molar-refractivity contribution in [2.45, 2.75) is 51.0 Å². The average Bonchev–Trinajstić information content (AvgIpc) is 3.45. The first kappa shape index (κ1) is 14.7. The first-order valence-electron chi connectivity index (χ1n) is 8.83. The van der Waals surface area contributed by atoms with Gasteiger partial charge >= 0.3 is 0 Å². The quantitative estimate of drug-likeness (QED) is 0.851. The third-order valence-corrected chi connectivity index (χ3v) is 5.35. The minimum atomic E-state index is -0.0411. The molecule has 1 unspecified atom stereocenters. The lowest BCUT2D eigenvalue weighted by Gasteiger charge is -2.24. The predicted molar refractivity (Wildman–Crippen MR) is 83.1 cm³/mol. The van der Waals surface area contributed by atoms with Crippen molar-refractivity contribution < 1.29 is 4.79 Å². The molecular formula is C17H23N5O. The van der Waals surface area contributed by atoms with Crippen LogP contribution in [0.3, 0.4) is 0 Å². The Morgan fingerprint density at radius 2 is 2.22 bits per heavy atom. The second kappa shape index (κ2) is 5.95. The number of nitrogens with zero attached hydrogens (tertiary/aromatic N) is 5. The monoisotopic (exact) mass is 313 g/mol. The molecule has 6 heteroatoms. The van der Waals surface area contributed by atoms with E-state index in [1.54, 1.807) is 0 Å². The topological polar surface area (TPSA) is 74.8 Å². The molecule has 6 nitrogen and oxygen atoms in total. The summed E-state index contributed by atoms with van der Waals surface area (Å²) in [5.41, 5.74) is 1.13. The second-order valence-electron chi connectivity index (χ2n) is 7.36. The van der Waals surface area contributed by atoms with Gasteiger partial charge in [-0.15, -0.1) is 5.10 Å². The van der Waals surface area contributed by atoms with Crippen LogP contribution in [0, 0.1) is 29.1 Å². The van der Waals surface area contributed by atoms with Gasteiger partial charge in [-0.25, -0.2) is 0 Å². The van der Waals surface area contributed by atoms with Crippen LogP contribution in [0.4, 0.5) is 0 Å². The molecular weight excluding hydrogens is 290 g/mol. The lowest BCUT2D eigenvalue weighted by Crippen LogP contribution is -2.37. The molecule has 0 aromatic carbocycles. The molecule has 0 N–H and O–H groups in total. The van der Waals surface area contributed by atoms with Gasteiger partial charge in [-0.3, -0.25) is 9.48 Å². The number of carbonyl (C=O) groups excluding carboxylic acids is 1. The van der Waals surface area contributed by atoms with Crippen LogP contribution in [-0.4, -0.2) is 38.9 Å². The van der Waals surface area contributed by atoms with Crippen molar-refractivity contribution in [2.75, 3.05) is 13.1 Å². The number of hydrogen-bond donors (Lipinski definition) is 0. The van der Waals surface area contributed by atoms with E-state index in [0.29, 0.717) is 11.8 Å². The van der Waals surface area contributed by atoms with Crippen molar-refractivity contribution in [3.63, 3.8) is 0 Å². The Morgan fingerprint density at radius 3 is 2.96 bits per heavy atom. The molecule has 2 saturated carbocycles. The van der Waals surface area contributed by atoms with Crippen LogP contribution < -0.4 is 0 Å². The molecule has 2 aliphatic carbocycles. The number of aromatic nitrogens is 3. The summed E-state index contributed by atoms with van der Waals surface area (Å²) >= 11 is 0. The number of rotatable bonds is 4. The summed E-state index contributed by atoms with van der Waals surface area (Å²) in [4.78, 5) is 14.5. The third-order valence-electron chi connectivity index (χ3n) is 5.35. The highest BCUT2D eigenvalue weighted by Crippen LogP contribution is 2.40. The van der Waals surface area contributed by atoms with Crippen molar-refractivity contribution in [1.29, 1.82) is 5.26 Å². The molecule has 1 aromatic rings. The van der Waals surface area contributed by atoms with Gasteiger partial charge in [0.1, 0.15) is 0 Å². The minimum absolute atomic E-state index is 0.0356. The van der Waals surface area contributed by atoms with E-state index in [1.807, 2.05) is 9.58 Å². The summed E-state index contributed by atoms with van der Waals surface area (Å²) in [6.07, 6.45) is 8.68. The van der Waals surface area contributed by atoms with Gasteiger partial charge in [-0.1, -0.05) is 11.6 Å². The fourth-order valence-corrected chi connectivity index (χ4v) is 3.66. The summed E-state index contributed by atoms with van der Waals surface area (Å²) < 4.78 is 1.96. The lowest BCUT2D eigenvalue weighted by atomic mass is 10.0. The van der Waals surface area contributed by atoms with Gasteiger partial charge in [0.15, 0.2) is 0 Å². The molecule has 1 amide bonds. The van der Waals surface area contributed by atoms with E-state index >= 15 is 0 Å². The van der Waals surface area contributed by atoms with Gasteiger partial charge in [0, 0.05) is 31.7 Å². The fourth-order valence-electron chi connectivity index (χ4n) is 3.66. The van der Waals surface area contributed by atoms with Gasteiger partial charge in [-0.05, 0) is 38.0 Å². The number of carbonyl (C=O) groups is 1. The van der Waals surface area contributed by atoms with Crippen LogP contribution in [0.5, 0.6) is 0 Å². The van der Waals surface area contributed by atoms with E-state index in [1.165, 1.54) is 12.8 Å². The van der Waals surface area contributed by atoms with E-state index in [0.717, 1.165) is 51.0 Å². The Morgan fingerprint density at radius 1 is 1.35 bits per heavy atom. The highest BCUT2D eigenvalue weighted by molar-refractivity contribution is 5.82. The predicted octanol–water partition coefficient (Wildman–Crippen LogP) is 1.94. The summed E-state index contributed by atoms with van der Waals surface area (Å²) in [6, 6.07) is 2.23. The number of likely N-dealkylation sites (tertiary alicyclic amines) is 1. The van der Waals surface area contributed by atoms with Crippen molar-refractivity contribution in [3.8, 4) is 6.07 Å². The van der Waals surface area contributed by atoms with Crippen LogP contribution >= 0.6 is 0 Å². The summed E-state index contributed by atoms with van der Waals surface area (Å²) in [7, 11) is 0. The van der Waals surface area contributed by atoms with Crippen LogP contribution in [0.2, 0.25) is 0 Å². The largest absolute Gasteiger partial charge is 0.342 e. The zero-order chi connectivity index (χ0) is 15.8. The molecule has 3 fully saturated rings. The Labute approximate surface area is 136 Å². The van der Waals surface area contributed by atoms with Gasteiger partial charge in [-0.2, -0.15) is 5.26 Å². The summed E-state index contributed by atoms with van der Waals surface area (Å²) in [5.74, 6) is 1.19. The Hall–Kier alpha value is -1.90. The highest BCUT2D eigenvalue weighted by Gasteiger charge is 2.45. The molecule has 122 valence electrons. The number of nitriles is 1. The van der Waals surface area contributed by atoms with Crippen molar-refractivity contribution in [2.24, 2.45) is 17.8 Å². The molecule has 1 saturated heterocycles. The van der Waals surface area contributed by atoms with Crippen LogP contribution in [0.15, 0.2) is 6.20 Å². The van der Waals surface area contributed by atoms with Gasteiger partial charge in [0.2, 0.25) is 5.91 Å². The van der Waals surface area contributed by atoms with Gasteiger partial charge < -0.3 is 4.90 Å². The first-order chi connectivity index (χ1) is 11.2. The fraction of sp³-hybridized carbons (Fsp3) is 0.765. The molecule has 23 heavy (non-hydrogen) atoms. The average molecular weight is 313 g/mol. The van der Waals surface area contributed by atoms with E-state index < -0.39 is 0 Å². The van der Waals surface area contributed by atoms with E-state index in [2.05, 4.69) is 22.6 Å². The Balaban J connectivity index is 1.37. The molecule has 0 radical (unpaired) electrons. The molecule has 2 heterocycles. The maximum atomic E-state index is 12.5. The summed E-state index contributed by atoms with van der Waals surface area (Å²) in [6.45, 7) is 2.48. The van der Waals surface area contributed by atoms with Crippen LogP contribution in [0.1, 0.15) is 50.1 Å². The zero-order valence-corrected chi connectivity index (χ0v) is 13.4. The van der Waals surface area contributed by atoms with Gasteiger partial charge in [0.25, 0.3) is 0 Å². The molecule has 0 spiro atoms. The van der Waals surface area contributed by atoms with E-state index in [4.69, 9.17) is 5.26 Å². The molecule has 1 aliphatic heterocycles. The maximum absolute atomic E-state index is 12.5. The van der Waals surface area contributed by atoms with Crippen LogP contribution in [0.25, 0.3) is 0 Å². The normalized spacial score (nSPS) is 30.6. The standard InChI is InChI=1S/C17H23N5O/c18-8-14-7-15(14)17(23)21-6-2-1-3-12(9-21)10-22-11-16(19-20-22)13-4-5-13/h11-15H,1-7,9-10H2/t12?,14-,15+/m0/s1. The number of hydrogen-bond acceptors (Lipinski definition) is 4. The Kier molecular flexibility index (Phi) is 3.80. The molecule has 3 aliphatic rings. The number of amides is 1. The Bertz CT molecular complexity index is 629. The first-order valence-corrected chi connectivity index (χ1v) is 8.83. The minimum Gasteiger partial charge on any atom is -0.342 e. The smallest absolute Gasteiger partial charge is 0.227 e. The molecule has 3 atom stereocenters. The highest BCUT2D eigenvalue weighted by atomic mass is 16.2. The SMILES string of the molecule is N#C[C@@H]1C[C@H]1C(=O)N1CCCCC(Cn2cc(C3CC3)nn2)C1. The van der Waals surface area contributed by atoms with E-state index in [-0.39, 0.29) is 17.7 Å². The second-order valence-corrected chi connectivity index (χ2v) is 7.36. The maximum Gasteiger partial charge on any atom is 0.227 e. The molecule has 0 bridgehead atoms. The van der Waals surface area contributed by atoms with E-state index in [9.17, 15) is 4.79 Å².